The summed E-state index contributed by atoms with van der Waals surface area (Å²) in [5, 5.41) is 0. The number of halogens is 7. The molecule has 5 nitrogen and oxygen atoms in total. The van der Waals surface area contributed by atoms with E-state index in [9.17, 15) is 45.1 Å². The van der Waals surface area contributed by atoms with Crippen molar-refractivity contribution >= 4 is 17.8 Å². The molecule has 0 radical (unpaired) electrons. The van der Waals surface area contributed by atoms with E-state index >= 15 is 0 Å². The topological polar surface area (TPSA) is 63.7 Å². The lowest BCUT2D eigenvalue weighted by molar-refractivity contribution is -0.356. The summed E-state index contributed by atoms with van der Waals surface area (Å²) in [4.78, 5) is 36.6. The van der Waals surface area contributed by atoms with Crippen LogP contribution in [0, 0.1) is 0 Å². The molecule has 0 aromatic heterocycles. The SMILES string of the molecule is CCOC(=O)C(CC(F)(F)C(F)(F)C(F)(F)F)N1C(=O)c2ccccc2C1=O. The fraction of sp³-hybridized carbons (Fsp3) is 0.438. The molecule has 0 fully saturated rings. The number of imide groups is 1. The molecule has 1 aliphatic rings. The van der Waals surface area contributed by atoms with Crippen LogP contribution in [0.2, 0.25) is 0 Å². The second-order valence-electron chi connectivity index (χ2n) is 5.77. The van der Waals surface area contributed by atoms with Crippen LogP contribution in [0.1, 0.15) is 34.1 Å². The second-order valence-corrected chi connectivity index (χ2v) is 5.77. The standard InChI is InChI=1S/C16H12F7NO4/c1-2-28-13(27)10(7-14(17,18)15(19,20)16(21,22)23)24-11(25)8-5-3-4-6-9(8)12(24)26/h3-6,10H,2,7H2,1H3. The normalized spacial score (nSPS) is 16.2. The summed E-state index contributed by atoms with van der Waals surface area (Å²) in [6, 6.07) is 2.15. The third kappa shape index (κ3) is 3.42. The zero-order valence-corrected chi connectivity index (χ0v) is 14.0. The minimum absolute atomic E-state index is 0.0803. The number of amides is 2. The lowest BCUT2D eigenvalue weighted by atomic mass is 10.0. The highest BCUT2D eigenvalue weighted by Gasteiger charge is 2.73. The van der Waals surface area contributed by atoms with Gasteiger partial charge in [0.25, 0.3) is 11.8 Å². The average Bonchev–Trinajstić information content (AvgIpc) is 2.83. The molecule has 0 saturated heterocycles. The largest absolute Gasteiger partial charge is 0.464 e. The molecule has 0 N–H and O–H groups in total. The van der Waals surface area contributed by atoms with Crippen molar-refractivity contribution in [3.05, 3.63) is 35.4 Å². The monoisotopic (exact) mass is 415 g/mol. The van der Waals surface area contributed by atoms with Crippen LogP contribution >= 0.6 is 0 Å². The maximum Gasteiger partial charge on any atom is 0.459 e. The first kappa shape index (κ1) is 21.6. The Morgan fingerprint density at radius 3 is 1.86 bits per heavy atom. The van der Waals surface area contributed by atoms with Gasteiger partial charge >= 0.3 is 24.0 Å². The minimum atomic E-state index is -6.63. The van der Waals surface area contributed by atoms with Crippen LogP contribution in [0.5, 0.6) is 0 Å². The van der Waals surface area contributed by atoms with Crippen molar-refractivity contribution in [3.63, 3.8) is 0 Å². The van der Waals surface area contributed by atoms with E-state index in [4.69, 9.17) is 0 Å². The Morgan fingerprint density at radius 2 is 1.46 bits per heavy atom. The first-order valence-electron chi connectivity index (χ1n) is 7.72. The second kappa shape index (κ2) is 7.06. The summed E-state index contributed by atoms with van der Waals surface area (Å²) in [6.07, 6.45) is -9.10. The van der Waals surface area contributed by atoms with Gasteiger partial charge in [0, 0.05) is 6.42 Å². The molecular formula is C16H12F7NO4. The van der Waals surface area contributed by atoms with Gasteiger partial charge in [0.05, 0.1) is 17.7 Å². The van der Waals surface area contributed by atoms with E-state index in [0.717, 1.165) is 12.1 Å². The molecule has 1 aromatic rings. The number of hydrogen-bond donors (Lipinski definition) is 0. The molecule has 0 saturated carbocycles. The molecular weight excluding hydrogens is 403 g/mol. The van der Waals surface area contributed by atoms with Crippen molar-refractivity contribution in [2.45, 2.75) is 37.4 Å². The predicted molar refractivity (Wildman–Crippen MR) is 77.9 cm³/mol. The Bertz CT molecular complexity index is 771. The molecule has 12 heteroatoms. The third-order valence-electron chi connectivity index (χ3n) is 3.96. The molecule has 154 valence electrons. The molecule has 2 amide bonds. The fourth-order valence-electron chi connectivity index (χ4n) is 2.59. The molecule has 1 heterocycles. The van der Waals surface area contributed by atoms with Gasteiger partial charge in [-0.05, 0) is 19.1 Å². The highest BCUT2D eigenvalue weighted by Crippen LogP contribution is 2.49. The van der Waals surface area contributed by atoms with Crippen LogP contribution in [-0.4, -0.2) is 53.4 Å². The Hall–Kier alpha value is -2.66. The third-order valence-corrected chi connectivity index (χ3v) is 3.96. The van der Waals surface area contributed by atoms with Gasteiger partial charge in [0.2, 0.25) is 0 Å². The molecule has 0 aliphatic carbocycles. The summed E-state index contributed by atoms with van der Waals surface area (Å²) in [7, 11) is 0. The summed E-state index contributed by atoms with van der Waals surface area (Å²) in [5.74, 6) is -16.6. The van der Waals surface area contributed by atoms with Crippen LogP contribution < -0.4 is 0 Å². The van der Waals surface area contributed by atoms with Gasteiger partial charge in [-0.1, -0.05) is 12.1 Å². The van der Waals surface area contributed by atoms with Crippen LogP contribution in [-0.2, 0) is 9.53 Å². The molecule has 1 aliphatic heterocycles. The van der Waals surface area contributed by atoms with Gasteiger partial charge in [-0.15, -0.1) is 0 Å². The van der Waals surface area contributed by atoms with E-state index in [0.29, 0.717) is 0 Å². The summed E-state index contributed by atoms with van der Waals surface area (Å²) < 4.78 is 95.8. The van der Waals surface area contributed by atoms with Crippen molar-refractivity contribution < 1.29 is 49.9 Å². The summed E-state index contributed by atoms with van der Waals surface area (Å²) in [6.45, 7) is 0.750. The molecule has 0 spiro atoms. The van der Waals surface area contributed by atoms with Gasteiger partial charge in [0.15, 0.2) is 0 Å². The number of fused-ring (bicyclic) bond motifs is 1. The molecule has 1 atom stereocenters. The van der Waals surface area contributed by atoms with Crippen LogP contribution in [0.3, 0.4) is 0 Å². The van der Waals surface area contributed by atoms with Gasteiger partial charge in [-0.3, -0.25) is 14.5 Å². The number of benzene rings is 1. The number of hydrogen-bond acceptors (Lipinski definition) is 4. The Balaban J connectivity index is 2.47. The zero-order valence-electron chi connectivity index (χ0n) is 14.0. The zero-order chi connectivity index (χ0) is 21.5. The van der Waals surface area contributed by atoms with Crippen molar-refractivity contribution in [2.75, 3.05) is 6.61 Å². The van der Waals surface area contributed by atoms with Gasteiger partial charge in [-0.2, -0.15) is 30.7 Å². The number of carbonyl (C=O) groups excluding carboxylic acids is 3. The highest BCUT2D eigenvalue weighted by atomic mass is 19.4. The highest BCUT2D eigenvalue weighted by molar-refractivity contribution is 6.22. The number of alkyl halides is 7. The lowest BCUT2D eigenvalue weighted by Gasteiger charge is -2.32. The van der Waals surface area contributed by atoms with Gasteiger partial charge in [0.1, 0.15) is 6.04 Å². The maximum atomic E-state index is 13.9. The van der Waals surface area contributed by atoms with Crippen molar-refractivity contribution in [1.82, 2.24) is 4.90 Å². The van der Waals surface area contributed by atoms with Crippen molar-refractivity contribution in [1.29, 1.82) is 0 Å². The van der Waals surface area contributed by atoms with E-state index in [-0.39, 0.29) is 16.0 Å². The Kier molecular flexibility index (Phi) is 5.46. The average molecular weight is 415 g/mol. The number of nitrogens with zero attached hydrogens (tertiary/aromatic N) is 1. The molecule has 1 unspecified atom stereocenters. The first-order chi connectivity index (χ1) is 12.8. The van der Waals surface area contributed by atoms with Crippen LogP contribution in [0.25, 0.3) is 0 Å². The van der Waals surface area contributed by atoms with E-state index in [1.807, 2.05) is 0 Å². The molecule has 0 bridgehead atoms. The minimum Gasteiger partial charge on any atom is -0.464 e. The van der Waals surface area contributed by atoms with E-state index in [1.54, 1.807) is 0 Å². The number of rotatable bonds is 6. The lowest BCUT2D eigenvalue weighted by Crippen LogP contribution is -2.57. The quantitative estimate of drug-likeness (QED) is 0.406. The Labute approximate surface area is 153 Å². The molecule has 2 rings (SSSR count). The Morgan fingerprint density at radius 1 is 1.00 bits per heavy atom. The van der Waals surface area contributed by atoms with Crippen LogP contribution in [0.4, 0.5) is 30.7 Å². The maximum absolute atomic E-state index is 13.9. The first-order valence-corrected chi connectivity index (χ1v) is 7.72. The number of ether oxygens (including phenoxy) is 1. The van der Waals surface area contributed by atoms with Crippen molar-refractivity contribution in [2.24, 2.45) is 0 Å². The molecule has 28 heavy (non-hydrogen) atoms. The summed E-state index contributed by atoms with van der Waals surface area (Å²) >= 11 is 0. The smallest absolute Gasteiger partial charge is 0.459 e. The van der Waals surface area contributed by atoms with Crippen LogP contribution in [0.15, 0.2) is 24.3 Å². The fourth-order valence-corrected chi connectivity index (χ4v) is 2.59. The summed E-state index contributed by atoms with van der Waals surface area (Å²) in [5.41, 5.74) is -0.625. The molecule has 1 aromatic carbocycles. The number of esters is 1. The predicted octanol–water partition coefficient (Wildman–Crippen LogP) is 3.44. The van der Waals surface area contributed by atoms with E-state index in [1.165, 1.54) is 19.1 Å². The van der Waals surface area contributed by atoms with Crippen molar-refractivity contribution in [3.8, 4) is 0 Å². The van der Waals surface area contributed by atoms with Gasteiger partial charge in [-0.25, -0.2) is 4.79 Å². The van der Waals surface area contributed by atoms with E-state index < -0.39 is 54.9 Å². The number of carbonyl (C=O) groups is 3. The van der Waals surface area contributed by atoms with Gasteiger partial charge < -0.3 is 4.74 Å². The van der Waals surface area contributed by atoms with E-state index in [2.05, 4.69) is 4.74 Å².